The third-order valence-corrected chi connectivity index (χ3v) is 5.59. The first-order valence-electron chi connectivity index (χ1n) is 9.80. The second kappa shape index (κ2) is 9.72. The van der Waals surface area contributed by atoms with Crippen molar-refractivity contribution in [1.82, 2.24) is 25.5 Å². The van der Waals surface area contributed by atoms with Crippen LogP contribution in [0.25, 0.3) is 22.4 Å². The number of anilines is 1. The lowest BCUT2D eigenvalue weighted by Gasteiger charge is -2.33. The fourth-order valence-corrected chi connectivity index (χ4v) is 3.84. The van der Waals surface area contributed by atoms with Crippen molar-refractivity contribution in [2.24, 2.45) is 5.92 Å². The van der Waals surface area contributed by atoms with E-state index < -0.39 is 5.82 Å². The fraction of sp³-hybridized carbons (Fsp3) is 0.333. The molecule has 2 N–H and O–H groups in total. The predicted octanol–water partition coefficient (Wildman–Crippen LogP) is 3.48. The minimum Gasteiger partial charge on any atom is -0.507 e. The zero-order valence-corrected chi connectivity index (χ0v) is 18.2. The SMILES string of the molecule is Cl.Cl.Oc1cc(-c2ccncc2F)ccc1-c1cnc(N2CCN[C@@H](C3CC3)C2)nn1. The number of halogens is 3. The Kier molecular flexibility index (Phi) is 7.25. The van der Waals surface area contributed by atoms with Crippen molar-refractivity contribution in [1.29, 1.82) is 0 Å². The van der Waals surface area contributed by atoms with Crippen molar-refractivity contribution in [3.05, 3.63) is 48.7 Å². The van der Waals surface area contributed by atoms with Crippen LogP contribution >= 0.6 is 24.8 Å². The predicted molar refractivity (Wildman–Crippen MR) is 121 cm³/mol. The third-order valence-electron chi connectivity index (χ3n) is 5.59. The van der Waals surface area contributed by atoms with Crippen LogP contribution in [0.2, 0.25) is 0 Å². The van der Waals surface area contributed by atoms with Gasteiger partial charge in [-0.2, -0.15) is 0 Å². The van der Waals surface area contributed by atoms with Crippen molar-refractivity contribution >= 4 is 30.8 Å². The molecule has 0 spiro atoms. The first-order chi connectivity index (χ1) is 14.2. The standard InChI is InChI=1S/C21H21FN6O.2ClH/c22-17-10-23-6-5-15(17)14-3-4-16(20(29)9-14)18-11-25-21(27-26-18)28-8-7-24-19(12-28)13-1-2-13;;/h3-6,9-11,13,19,24,29H,1-2,7-8,12H2;2*1H/t19-;;/m1../s1. The molecule has 10 heteroatoms. The van der Waals surface area contributed by atoms with Gasteiger partial charge in [0.2, 0.25) is 5.95 Å². The second-order valence-electron chi connectivity index (χ2n) is 7.57. The Morgan fingerprint density at radius 2 is 1.90 bits per heavy atom. The van der Waals surface area contributed by atoms with Crippen LogP contribution in [0.1, 0.15) is 12.8 Å². The van der Waals surface area contributed by atoms with Gasteiger partial charge in [0, 0.05) is 43.0 Å². The van der Waals surface area contributed by atoms with Crippen LogP contribution in [0.15, 0.2) is 42.9 Å². The number of hydrogen-bond donors (Lipinski definition) is 2. The first-order valence-corrected chi connectivity index (χ1v) is 9.80. The maximum Gasteiger partial charge on any atom is 0.245 e. The second-order valence-corrected chi connectivity index (χ2v) is 7.57. The number of aromatic hydroxyl groups is 1. The smallest absolute Gasteiger partial charge is 0.245 e. The molecular weight excluding hydrogens is 442 g/mol. The van der Waals surface area contributed by atoms with Crippen LogP contribution in [0.4, 0.5) is 10.3 Å². The Balaban J connectivity index is 0.00000136. The van der Waals surface area contributed by atoms with E-state index in [4.69, 9.17) is 0 Å². The van der Waals surface area contributed by atoms with Gasteiger partial charge in [-0.05, 0) is 42.5 Å². The summed E-state index contributed by atoms with van der Waals surface area (Å²) in [6.45, 7) is 2.66. The molecule has 3 aromatic rings. The van der Waals surface area contributed by atoms with Crippen LogP contribution in [-0.2, 0) is 0 Å². The highest BCUT2D eigenvalue weighted by molar-refractivity contribution is 5.85. The fourth-order valence-electron chi connectivity index (χ4n) is 3.84. The molecule has 3 heterocycles. The molecule has 1 aliphatic heterocycles. The third kappa shape index (κ3) is 4.87. The molecule has 0 bridgehead atoms. The molecule has 5 rings (SSSR count). The van der Waals surface area contributed by atoms with E-state index in [1.54, 1.807) is 24.4 Å². The van der Waals surface area contributed by atoms with Gasteiger partial charge in [0.1, 0.15) is 17.3 Å². The lowest BCUT2D eigenvalue weighted by molar-refractivity contribution is 0.414. The highest BCUT2D eigenvalue weighted by Gasteiger charge is 2.34. The number of nitrogens with zero attached hydrogens (tertiary/aromatic N) is 5. The minimum atomic E-state index is -0.439. The topological polar surface area (TPSA) is 87.1 Å². The van der Waals surface area contributed by atoms with Crippen LogP contribution in [0.5, 0.6) is 5.75 Å². The zero-order chi connectivity index (χ0) is 19.8. The number of rotatable bonds is 4. The van der Waals surface area contributed by atoms with Gasteiger partial charge >= 0.3 is 0 Å². The summed E-state index contributed by atoms with van der Waals surface area (Å²) >= 11 is 0. The van der Waals surface area contributed by atoms with Gasteiger partial charge in [-0.15, -0.1) is 35.0 Å². The number of pyridine rings is 1. The van der Waals surface area contributed by atoms with E-state index in [1.807, 2.05) is 0 Å². The normalized spacial score (nSPS) is 18.1. The molecule has 2 aliphatic rings. The Bertz CT molecular complexity index is 1030. The van der Waals surface area contributed by atoms with Gasteiger partial charge in [-0.1, -0.05) is 6.07 Å². The quantitative estimate of drug-likeness (QED) is 0.610. The van der Waals surface area contributed by atoms with Crippen molar-refractivity contribution < 1.29 is 9.50 Å². The molecule has 0 amide bonds. The van der Waals surface area contributed by atoms with Crippen molar-refractivity contribution in [3.8, 4) is 28.1 Å². The zero-order valence-electron chi connectivity index (χ0n) is 16.6. The highest BCUT2D eigenvalue weighted by Crippen LogP contribution is 2.35. The maximum atomic E-state index is 13.9. The summed E-state index contributed by atoms with van der Waals surface area (Å²) in [5.41, 5.74) is 1.92. The van der Waals surface area contributed by atoms with Gasteiger partial charge in [0.25, 0.3) is 0 Å². The average molecular weight is 465 g/mol. The Hall–Kier alpha value is -2.55. The number of benzene rings is 1. The van der Waals surface area contributed by atoms with Crippen LogP contribution in [0, 0.1) is 11.7 Å². The van der Waals surface area contributed by atoms with E-state index in [-0.39, 0.29) is 30.6 Å². The van der Waals surface area contributed by atoms with Crippen LogP contribution in [0.3, 0.4) is 0 Å². The van der Waals surface area contributed by atoms with Gasteiger partial charge in [-0.3, -0.25) is 4.98 Å². The Labute approximate surface area is 192 Å². The molecule has 2 aromatic heterocycles. The molecule has 2 fully saturated rings. The summed E-state index contributed by atoms with van der Waals surface area (Å²) in [7, 11) is 0. The summed E-state index contributed by atoms with van der Waals surface area (Å²) in [5.74, 6) is 0.936. The van der Waals surface area contributed by atoms with Gasteiger partial charge in [0.05, 0.1) is 12.4 Å². The maximum absolute atomic E-state index is 13.9. The van der Waals surface area contributed by atoms with E-state index in [0.717, 1.165) is 31.7 Å². The summed E-state index contributed by atoms with van der Waals surface area (Å²) in [4.78, 5) is 10.4. The molecular formula is C21H23Cl2FN6O. The summed E-state index contributed by atoms with van der Waals surface area (Å²) in [5, 5.41) is 22.6. The number of hydrogen-bond acceptors (Lipinski definition) is 7. The first kappa shape index (κ1) is 23.1. The van der Waals surface area contributed by atoms with Crippen LogP contribution in [-0.4, -0.2) is 50.9 Å². The number of piperazine rings is 1. The Morgan fingerprint density at radius 3 is 2.58 bits per heavy atom. The van der Waals surface area contributed by atoms with Crippen LogP contribution < -0.4 is 10.2 Å². The Morgan fingerprint density at radius 1 is 1.06 bits per heavy atom. The van der Waals surface area contributed by atoms with Crippen molar-refractivity contribution in [2.75, 3.05) is 24.5 Å². The molecule has 7 nitrogen and oxygen atoms in total. The van der Waals surface area contributed by atoms with E-state index in [0.29, 0.717) is 34.4 Å². The lowest BCUT2D eigenvalue weighted by Crippen LogP contribution is -2.52. The molecule has 1 aromatic carbocycles. The molecule has 1 aliphatic carbocycles. The summed E-state index contributed by atoms with van der Waals surface area (Å²) in [6.07, 6.45) is 6.88. The minimum absolute atomic E-state index is 0. The molecule has 0 radical (unpaired) electrons. The molecule has 0 unspecified atom stereocenters. The molecule has 164 valence electrons. The van der Waals surface area contributed by atoms with Gasteiger partial charge in [-0.25, -0.2) is 9.37 Å². The number of phenolic OH excluding ortho intramolecular Hbond substituents is 1. The number of phenols is 1. The molecule has 1 atom stereocenters. The molecule has 1 saturated heterocycles. The summed E-state index contributed by atoms with van der Waals surface area (Å²) < 4.78 is 13.9. The van der Waals surface area contributed by atoms with Gasteiger partial charge in [0.15, 0.2) is 0 Å². The lowest BCUT2D eigenvalue weighted by atomic mass is 10.0. The van der Waals surface area contributed by atoms with E-state index in [9.17, 15) is 9.50 Å². The highest BCUT2D eigenvalue weighted by atomic mass is 35.5. The number of nitrogens with one attached hydrogen (secondary N) is 1. The summed E-state index contributed by atoms with van der Waals surface area (Å²) in [6, 6.07) is 7.02. The number of aromatic nitrogens is 4. The molecule has 1 saturated carbocycles. The van der Waals surface area contributed by atoms with E-state index >= 15 is 0 Å². The van der Waals surface area contributed by atoms with Gasteiger partial charge < -0.3 is 15.3 Å². The largest absolute Gasteiger partial charge is 0.507 e. The van der Waals surface area contributed by atoms with Crippen molar-refractivity contribution in [3.63, 3.8) is 0 Å². The van der Waals surface area contributed by atoms with E-state index in [1.165, 1.54) is 25.1 Å². The van der Waals surface area contributed by atoms with E-state index in [2.05, 4.69) is 30.4 Å². The average Bonchev–Trinajstić information content (AvgIpc) is 3.60. The monoisotopic (exact) mass is 464 g/mol. The molecule has 31 heavy (non-hydrogen) atoms. The van der Waals surface area contributed by atoms with Crippen molar-refractivity contribution in [2.45, 2.75) is 18.9 Å².